The Hall–Kier alpha value is -1.40. The zero-order chi connectivity index (χ0) is 14.3. The van der Waals surface area contributed by atoms with E-state index in [-0.39, 0.29) is 30.6 Å². The van der Waals surface area contributed by atoms with E-state index in [0.717, 1.165) is 6.42 Å². The molecule has 0 aliphatic heterocycles. The molecule has 1 atom stereocenters. The minimum absolute atomic E-state index is 0. The number of nitrogens with two attached hydrogens (primary N) is 1. The number of amides is 1. The largest absolute Gasteiger partial charge is 0.434 e. The normalized spacial score (nSPS) is 11.7. The molecule has 20 heavy (non-hydrogen) atoms. The van der Waals surface area contributed by atoms with Gasteiger partial charge in [0.1, 0.15) is 5.75 Å². The molecule has 0 saturated carbocycles. The van der Waals surface area contributed by atoms with Crippen LogP contribution in [-0.4, -0.2) is 18.6 Å². The average Bonchev–Trinajstić information content (AvgIpc) is 2.37. The van der Waals surface area contributed by atoms with Gasteiger partial charge in [0.25, 0.3) is 0 Å². The second-order valence-electron chi connectivity index (χ2n) is 4.10. The summed E-state index contributed by atoms with van der Waals surface area (Å²) in [5.74, 6) is -0.240. The number of halogens is 3. The number of hydrogen-bond donors (Lipinski definition) is 2. The highest BCUT2D eigenvalue weighted by Crippen LogP contribution is 2.19. The summed E-state index contributed by atoms with van der Waals surface area (Å²) in [5, 5.41) is 2.61. The molecule has 114 valence electrons. The minimum atomic E-state index is -2.89. The second kappa shape index (κ2) is 9.50. The summed E-state index contributed by atoms with van der Waals surface area (Å²) in [6.07, 6.45) is 1.39. The van der Waals surface area contributed by atoms with Gasteiger partial charge in [0, 0.05) is 12.1 Å². The first-order valence-corrected chi connectivity index (χ1v) is 6.10. The predicted molar refractivity (Wildman–Crippen MR) is 75.1 cm³/mol. The Morgan fingerprint density at radius 2 is 2.05 bits per heavy atom. The van der Waals surface area contributed by atoms with Gasteiger partial charge in [-0.2, -0.15) is 8.78 Å². The van der Waals surface area contributed by atoms with Crippen LogP contribution < -0.4 is 15.8 Å². The van der Waals surface area contributed by atoms with Crippen LogP contribution in [-0.2, 0) is 11.3 Å². The number of para-hydroxylation sites is 1. The standard InChI is InChI=1S/C13H18F2N2O2.ClH/c1-2-5-10(16)12(18)17-8-9-6-3-4-7-11(9)19-13(14)15;/h3-4,6-7,10,13H,2,5,8,16H2,1H3,(H,17,18);1H. The number of ether oxygens (including phenoxy) is 1. The highest BCUT2D eigenvalue weighted by atomic mass is 35.5. The van der Waals surface area contributed by atoms with E-state index in [9.17, 15) is 13.6 Å². The van der Waals surface area contributed by atoms with E-state index in [1.807, 2.05) is 6.92 Å². The van der Waals surface area contributed by atoms with E-state index >= 15 is 0 Å². The average molecular weight is 309 g/mol. The Labute approximate surface area is 123 Å². The maximum Gasteiger partial charge on any atom is 0.387 e. The molecule has 0 aliphatic carbocycles. The van der Waals surface area contributed by atoms with Crippen LogP contribution >= 0.6 is 12.4 Å². The Bertz CT molecular complexity index is 419. The van der Waals surface area contributed by atoms with Crippen molar-refractivity contribution in [3.8, 4) is 5.75 Å². The molecule has 0 aromatic heterocycles. The molecule has 0 aliphatic rings. The molecule has 1 aromatic carbocycles. The summed E-state index contributed by atoms with van der Waals surface area (Å²) in [6, 6.07) is 5.74. The van der Waals surface area contributed by atoms with E-state index in [1.165, 1.54) is 6.07 Å². The Morgan fingerprint density at radius 3 is 2.65 bits per heavy atom. The lowest BCUT2D eigenvalue weighted by molar-refractivity contribution is -0.122. The maximum absolute atomic E-state index is 12.2. The quantitative estimate of drug-likeness (QED) is 0.813. The zero-order valence-corrected chi connectivity index (χ0v) is 12.0. The number of rotatable bonds is 7. The van der Waals surface area contributed by atoms with Gasteiger partial charge in [-0.25, -0.2) is 0 Å². The molecular weight excluding hydrogens is 290 g/mol. The number of alkyl halides is 2. The van der Waals surface area contributed by atoms with E-state index in [1.54, 1.807) is 18.2 Å². The van der Waals surface area contributed by atoms with Crippen molar-refractivity contribution in [3.63, 3.8) is 0 Å². The van der Waals surface area contributed by atoms with Crippen molar-refractivity contribution >= 4 is 18.3 Å². The van der Waals surface area contributed by atoms with Gasteiger partial charge in [-0.1, -0.05) is 31.5 Å². The molecule has 3 N–H and O–H groups in total. The molecule has 0 spiro atoms. The van der Waals surface area contributed by atoms with Gasteiger partial charge >= 0.3 is 6.61 Å². The van der Waals surface area contributed by atoms with Gasteiger partial charge in [0.15, 0.2) is 0 Å². The van der Waals surface area contributed by atoms with Gasteiger partial charge in [-0.3, -0.25) is 4.79 Å². The maximum atomic E-state index is 12.2. The summed E-state index contributed by atoms with van der Waals surface area (Å²) >= 11 is 0. The van der Waals surface area contributed by atoms with Crippen LogP contribution in [0.5, 0.6) is 5.75 Å². The van der Waals surface area contributed by atoms with Gasteiger partial charge in [-0.05, 0) is 12.5 Å². The van der Waals surface area contributed by atoms with Crippen molar-refractivity contribution in [2.24, 2.45) is 5.73 Å². The number of carbonyl (C=O) groups excluding carboxylic acids is 1. The Kier molecular flexibility index (Phi) is 8.83. The zero-order valence-electron chi connectivity index (χ0n) is 11.1. The van der Waals surface area contributed by atoms with Crippen molar-refractivity contribution in [1.82, 2.24) is 5.32 Å². The van der Waals surface area contributed by atoms with Gasteiger partial charge in [0.05, 0.1) is 6.04 Å². The first-order chi connectivity index (χ1) is 9.04. The first kappa shape index (κ1) is 18.6. The molecule has 7 heteroatoms. The third-order valence-electron chi connectivity index (χ3n) is 2.58. The first-order valence-electron chi connectivity index (χ1n) is 6.10. The monoisotopic (exact) mass is 308 g/mol. The van der Waals surface area contributed by atoms with Crippen molar-refractivity contribution in [3.05, 3.63) is 29.8 Å². The fourth-order valence-electron chi connectivity index (χ4n) is 1.62. The highest BCUT2D eigenvalue weighted by molar-refractivity contribution is 5.85. The van der Waals surface area contributed by atoms with Gasteiger partial charge in [-0.15, -0.1) is 12.4 Å². The molecule has 4 nitrogen and oxygen atoms in total. The minimum Gasteiger partial charge on any atom is -0.434 e. The predicted octanol–water partition coefficient (Wildman–Crippen LogP) is 2.45. The summed E-state index contributed by atoms with van der Waals surface area (Å²) in [5.41, 5.74) is 6.13. The molecule has 0 saturated heterocycles. The molecule has 1 unspecified atom stereocenters. The molecule has 0 fully saturated rings. The molecule has 0 heterocycles. The number of benzene rings is 1. The van der Waals surface area contributed by atoms with Crippen LogP contribution in [0.1, 0.15) is 25.3 Å². The SMILES string of the molecule is CCCC(N)C(=O)NCc1ccccc1OC(F)F.Cl. The molecule has 1 amide bonds. The molecule has 0 bridgehead atoms. The van der Waals surface area contributed by atoms with Crippen LogP contribution in [0, 0.1) is 0 Å². The molecule has 1 rings (SSSR count). The highest BCUT2D eigenvalue weighted by Gasteiger charge is 2.13. The van der Waals surface area contributed by atoms with E-state index < -0.39 is 12.7 Å². The fraction of sp³-hybridized carbons (Fsp3) is 0.462. The van der Waals surface area contributed by atoms with Crippen LogP contribution in [0.3, 0.4) is 0 Å². The fourth-order valence-corrected chi connectivity index (χ4v) is 1.62. The summed E-state index contributed by atoms with van der Waals surface area (Å²) in [7, 11) is 0. The topological polar surface area (TPSA) is 64.4 Å². The smallest absolute Gasteiger partial charge is 0.387 e. The van der Waals surface area contributed by atoms with Crippen molar-refractivity contribution in [2.45, 2.75) is 39.0 Å². The van der Waals surface area contributed by atoms with Crippen LogP contribution in [0.15, 0.2) is 24.3 Å². The Morgan fingerprint density at radius 1 is 1.40 bits per heavy atom. The molecule has 0 radical (unpaired) electrons. The van der Waals surface area contributed by atoms with Crippen LogP contribution in [0.2, 0.25) is 0 Å². The lowest BCUT2D eigenvalue weighted by Crippen LogP contribution is -2.40. The molecule has 1 aromatic rings. The summed E-state index contributed by atoms with van der Waals surface area (Å²) < 4.78 is 28.8. The van der Waals surface area contributed by atoms with Crippen molar-refractivity contribution in [2.75, 3.05) is 0 Å². The van der Waals surface area contributed by atoms with Crippen LogP contribution in [0.4, 0.5) is 8.78 Å². The lowest BCUT2D eigenvalue weighted by Gasteiger charge is -2.13. The van der Waals surface area contributed by atoms with E-state index in [2.05, 4.69) is 10.1 Å². The van der Waals surface area contributed by atoms with E-state index in [4.69, 9.17) is 5.73 Å². The number of hydrogen-bond acceptors (Lipinski definition) is 3. The lowest BCUT2D eigenvalue weighted by atomic mass is 10.1. The van der Waals surface area contributed by atoms with E-state index in [0.29, 0.717) is 12.0 Å². The van der Waals surface area contributed by atoms with Crippen molar-refractivity contribution in [1.29, 1.82) is 0 Å². The third-order valence-corrected chi connectivity index (χ3v) is 2.58. The third kappa shape index (κ3) is 6.16. The number of carbonyl (C=O) groups is 1. The summed E-state index contributed by atoms with van der Waals surface area (Å²) in [6.45, 7) is -0.850. The summed E-state index contributed by atoms with van der Waals surface area (Å²) in [4.78, 5) is 11.6. The van der Waals surface area contributed by atoms with Crippen molar-refractivity contribution < 1.29 is 18.3 Å². The van der Waals surface area contributed by atoms with Gasteiger partial charge < -0.3 is 15.8 Å². The van der Waals surface area contributed by atoms with Gasteiger partial charge in [0.2, 0.25) is 5.91 Å². The second-order valence-corrected chi connectivity index (χ2v) is 4.10. The van der Waals surface area contributed by atoms with Crippen LogP contribution in [0.25, 0.3) is 0 Å². The Balaban J connectivity index is 0.00000361. The molecular formula is C13H19ClF2N2O2. The number of nitrogens with one attached hydrogen (secondary N) is 1.